The second kappa shape index (κ2) is 5.69. The fourth-order valence-electron chi connectivity index (χ4n) is 2.51. The Hall–Kier alpha value is -2.53. The van der Waals surface area contributed by atoms with E-state index in [4.69, 9.17) is 0 Å². The minimum Gasteiger partial charge on any atom is -0.366 e. The standard InChI is InChI=1S/C17H14N4S/c1-2-6-12(7-3-1)13-8-4-5-9-14(13)16-20-21-17(22-16)15-18-10-11-19-15/h1-9H,10-11H2,(H,18,19). The van der Waals surface area contributed by atoms with Crippen molar-refractivity contribution in [1.82, 2.24) is 15.5 Å². The van der Waals surface area contributed by atoms with Crippen LogP contribution in [0.5, 0.6) is 0 Å². The first kappa shape index (κ1) is 13.2. The Morgan fingerprint density at radius 1 is 0.818 bits per heavy atom. The molecule has 5 heteroatoms. The highest BCUT2D eigenvalue weighted by Gasteiger charge is 2.16. The van der Waals surface area contributed by atoms with Crippen LogP contribution in [0.1, 0.15) is 5.01 Å². The summed E-state index contributed by atoms with van der Waals surface area (Å²) < 4.78 is 0. The minimum absolute atomic E-state index is 0.810. The van der Waals surface area contributed by atoms with Gasteiger partial charge in [0.1, 0.15) is 5.01 Å². The lowest BCUT2D eigenvalue weighted by molar-refractivity contribution is 0.957. The van der Waals surface area contributed by atoms with Crippen molar-refractivity contribution in [2.24, 2.45) is 4.99 Å². The van der Waals surface area contributed by atoms with Crippen LogP contribution >= 0.6 is 11.3 Å². The van der Waals surface area contributed by atoms with E-state index in [9.17, 15) is 0 Å². The van der Waals surface area contributed by atoms with E-state index in [1.807, 2.05) is 12.1 Å². The Morgan fingerprint density at radius 2 is 1.55 bits per heavy atom. The molecule has 0 amide bonds. The van der Waals surface area contributed by atoms with Crippen LogP contribution in [0.4, 0.5) is 0 Å². The average Bonchev–Trinajstić information content (AvgIpc) is 3.27. The quantitative estimate of drug-likeness (QED) is 0.808. The third-order valence-corrected chi connectivity index (χ3v) is 4.51. The van der Waals surface area contributed by atoms with Gasteiger partial charge in [0.15, 0.2) is 10.8 Å². The van der Waals surface area contributed by atoms with Gasteiger partial charge in [-0.05, 0) is 11.1 Å². The van der Waals surface area contributed by atoms with E-state index in [1.165, 1.54) is 11.1 Å². The van der Waals surface area contributed by atoms with Gasteiger partial charge in [-0.3, -0.25) is 4.99 Å². The van der Waals surface area contributed by atoms with Crippen LogP contribution in [0.3, 0.4) is 0 Å². The van der Waals surface area contributed by atoms with Crippen LogP contribution in [0, 0.1) is 0 Å². The maximum Gasteiger partial charge on any atom is 0.182 e. The van der Waals surface area contributed by atoms with E-state index in [1.54, 1.807) is 11.3 Å². The molecule has 1 N–H and O–H groups in total. The minimum atomic E-state index is 0.810. The molecule has 3 aromatic rings. The van der Waals surface area contributed by atoms with Gasteiger partial charge < -0.3 is 5.32 Å². The van der Waals surface area contributed by atoms with E-state index in [0.29, 0.717) is 0 Å². The van der Waals surface area contributed by atoms with Crippen molar-refractivity contribution in [3.05, 3.63) is 59.6 Å². The fraction of sp³-hybridized carbons (Fsp3) is 0.118. The molecule has 0 fully saturated rings. The molecule has 0 radical (unpaired) electrons. The maximum absolute atomic E-state index is 4.41. The molecule has 0 bridgehead atoms. The first-order valence-corrected chi connectivity index (χ1v) is 8.00. The molecule has 4 rings (SSSR count). The highest BCUT2D eigenvalue weighted by atomic mass is 32.1. The summed E-state index contributed by atoms with van der Waals surface area (Å²) in [6, 6.07) is 18.7. The van der Waals surface area contributed by atoms with Crippen molar-refractivity contribution in [2.45, 2.75) is 0 Å². The van der Waals surface area contributed by atoms with E-state index in [-0.39, 0.29) is 0 Å². The summed E-state index contributed by atoms with van der Waals surface area (Å²) in [5.41, 5.74) is 3.47. The number of nitrogens with one attached hydrogen (secondary N) is 1. The van der Waals surface area contributed by atoms with E-state index >= 15 is 0 Å². The number of rotatable bonds is 3. The summed E-state index contributed by atoms with van der Waals surface area (Å²) in [6.07, 6.45) is 0. The lowest BCUT2D eigenvalue weighted by atomic mass is 10.0. The maximum atomic E-state index is 4.41. The lowest BCUT2D eigenvalue weighted by Crippen LogP contribution is -2.19. The number of amidine groups is 1. The predicted octanol–water partition coefficient (Wildman–Crippen LogP) is 3.22. The van der Waals surface area contributed by atoms with Gasteiger partial charge in [-0.25, -0.2) is 0 Å². The van der Waals surface area contributed by atoms with Gasteiger partial charge in [-0.1, -0.05) is 65.9 Å². The second-order valence-electron chi connectivity index (χ2n) is 4.98. The highest BCUT2D eigenvalue weighted by Crippen LogP contribution is 2.33. The van der Waals surface area contributed by atoms with Gasteiger partial charge in [-0.15, -0.1) is 10.2 Å². The fourth-order valence-corrected chi connectivity index (χ4v) is 3.38. The number of hydrogen-bond acceptors (Lipinski definition) is 5. The molecule has 0 atom stereocenters. The van der Waals surface area contributed by atoms with Crippen molar-refractivity contribution >= 4 is 17.2 Å². The van der Waals surface area contributed by atoms with E-state index < -0.39 is 0 Å². The van der Waals surface area contributed by atoms with Crippen molar-refractivity contribution in [3.8, 4) is 21.7 Å². The second-order valence-corrected chi connectivity index (χ2v) is 5.96. The number of aliphatic imine (C=N–C) groups is 1. The Morgan fingerprint density at radius 3 is 2.32 bits per heavy atom. The molecule has 2 heterocycles. The molecule has 22 heavy (non-hydrogen) atoms. The third kappa shape index (κ3) is 2.40. The Kier molecular flexibility index (Phi) is 3.40. The molecule has 2 aromatic carbocycles. The largest absolute Gasteiger partial charge is 0.366 e. The van der Waals surface area contributed by atoms with Crippen LogP contribution < -0.4 is 5.32 Å². The molecule has 1 aliphatic rings. The summed E-state index contributed by atoms with van der Waals surface area (Å²) in [5.74, 6) is 0.862. The van der Waals surface area contributed by atoms with Crippen molar-refractivity contribution < 1.29 is 0 Å². The lowest BCUT2D eigenvalue weighted by Gasteiger charge is -2.06. The zero-order chi connectivity index (χ0) is 14.8. The molecular formula is C17H14N4S. The third-order valence-electron chi connectivity index (χ3n) is 3.54. The summed E-state index contributed by atoms with van der Waals surface area (Å²) in [5, 5.41) is 13.7. The molecule has 0 spiro atoms. The molecule has 0 unspecified atom stereocenters. The summed E-state index contributed by atoms with van der Waals surface area (Å²) in [4.78, 5) is 4.41. The summed E-state index contributed by atoms with van der Waals surface area (Å²) in [6.45, 7) is 1.69. The SMILES string of the molecule is c1ccc(-c2ccccc2-c2nnc(C3=NCCN3)s2)cc1. The molecule has 0 saturated carbocycles. The van der Waals surface area contributed by atoms with Gasteiger partial charge in [0, 0.05) is 12.1 Å². The van der Waals surface area contributed by atoms with Crippen LogP contribution in [0.25, 0.3) is 21.7 Å². The number of hydrogen-bond donors (Lipinski definition) is 1. The highest BCUT2D eigenvalue weighted by molar-refractivity contribution is 7.16. The van der Waals surface area contributed by atoms with Crippen LogP contribution in [0.2, 0.25) is 0 Å². The van der Waals surface area contributed by atoms with E-state index in [2.05, 4.69) is 63.0 Å². The number of nitrogens with zero attached hydrogens (tertiary/aromatic N) is 3. The monoisotopic (exact) mass is 306 g/mol. The molecule has 1 aliphatic heterocycles. The van der Waals surface area contributed by atoms with E-state index in [0.717, 1.165) is 34.5 Å². The van der Waals surface area contributed by atoms with Crippen molar-refractivity contribution in [2.75, 3.05) is 13.1 Å². The molecule has 4 nitrogen and oxygen atoms in total. The van der Waals surface area contributed by atoms with Crippen LogP contribution in [-0.2, 0) is 0 Å². The van der Waals surface area contributed by atoms with Crippen molar-refractivity contribution in [1.29, 1.82) is 0 Å². The van der Waals surface area contributed by atoms with Gasteiger partial charge in [0.25, 0.3) is 0 Å². The molecule has 0 aliphatic carbocycles. The zero-order valence-corrected chi connectivity index (χ0v) is 12.7. The number of aromatic nitrogens is 2. The summed E-state index contributed by atoms with van der Waals surface area (Å²) >= 11 is 1.58. The smallest absolute Gasteiger partial charge is 0.182 e. The van der Waals surface area contributed by atoms with Crippen molar-refractivity contribution in [3.63, 3.8) is 0 Å². The van der Waals surface area contributed by atoms with Gasteiger partial charge in [0.2, 0.25) is 0 Å². The Balaban J connectivity index is 1.77. The Labute approximate surface area is 132 Å². The first-order valence-electron chi connectivity index (χ1n) is 7.19. The predicted molar refractivity (Wildman–Crippen MR) is 90.2 cm³/mol. The van der Waals surface area contributed by atoms with Crippen LogP contribution in [-0.4, -0.2) is 29.1 Å². The summed E-state index contributed by atoms with van der Waals surface area (Å²) in [7, 11) is 0. The molecule has 1 aromatic heterocycles. The topological polar surface area (TPSA) is 50.2 Å². The molecule has 108 valence electrons. The Bertz CT molecular complexity index is 823. The first-order chi connectivity index (χ1) is 10.9. The van der Waals surface area contributed by atoms with Crippen LogP contribution in [0.15, 0.2) is 59.6 Å². The molecular weight excluding hydrogens is 292 g/mol. The van der Waals surface area contributed by atoms with Gasteiger partial charge in [0.05, 0.1) is 6.54 Å². The number of benzene rings is 2. The normalized spacial score (nSPS) is 13.7. The van der Waals surface area contributed by atoms with Gasteiger partial charge in [-0.2, -0.15) is 0 Å². The molecule has 0 saturated heterocycles. The van der Waals surface area contributed by atoms with Gasteiger partial charge >= 0.3 is 0 Å². The average molecular weight is 306 g/mol. The zero-order valence-electron chi connectivity index (χ0n) is 11.9.